The van der Waals surface area contributed by atoms with Crippen LogP contribution in [0.2, 0.25) is 0 Å². The first-order valence-corrected chi connectivity index (χ1v) is 19.1. The number of aryl methyl sites for hydroxylation is 4. The number of phenolic OH excluding ortho intramolecular Hbond substituents is 1. The summed E-state index contributed by atoms with van der Waals surface area (Å²) in [5, 5.41) is 10.0. The van der Waals surface area contributed by atoms with Crippen LogP contribution in [0.3, 0.4) is 0 Å². The van der Waals surface area contributed by atoms with E-state index < -0.39 is 0 Å². The summed E-state index contributed by atoms with van der Waals surface area (Å²) in [5.74, 6) is 2.48. The molecule has 6 nitrogen and oxygen atoms in total. The summed E-state index contributed by atoms with van der Waals surface area (Å²) >= 11 is 0. The summed E-state index contributed by atoms with van der Waals surface area (Å²) < 4.78 is 17.1. The molecule has 0 unspecified atom stereocenters. The molecule has 4 heterocycles. The molecule has 54 heavy (non-hydrogen) atoms. The van der Waals surface area contributed by atoms with Crippen molar-refractivity contribution in [3.63, 3.8) is 0 Å². The number of ether oxygens (including phenoxy) is 3. The van der Waals surface area contributed by atoms with E-state index in [2.05, 4.69) is 86.0 Å². The zero-order chi connectivity index (χ0) is 36.8. The smallest absolute Gasteiger partial charge is 0.162 e. The van der Waals surface area contributed by atoms with E-state index in [1.807, 2.05) is 30.3 Å². The van der Waals surface area contributed by atoms with E-state index in [-0.39, 0.29) is 18.2 Å². The van der Waals surface area contributed by atoms with Gasteiger partial charge in [-0.2, -0.15) is 0 Å². The molecule has 0 radical (unpaired) electrons. The number of nitrogens with zero attached hydrogens (tertiary/aromatic N) is 2. The second-order valence-corrected chi connectivity index (χ2v) is 15.5. The number of rotatable bonds is 5. The van der Waals surface area contributed by atoms with E-state index in [1.165, 1.54) is 66.8 Å². The average Bonchev–Trinajstić information content (AvgIpc) is 3.16. The lowest BCUT2D eigenvalue weighted by molar-refractivity contribution is 0.160. The van der Waals surface area contributed by atoms with Crippen molar-refractivity contribution < 1.29 is 19.3 Å². The standard InChI is InChI=1S/C27H29NO2.C20H23NO2.ClH/c1-18-11-21-9-10-28-16-23-15-27(30-17-20-7-5-4-6-8-20)26(29-3)14-22(23)13-25(28)24(21)12-19(18)2;1-12-6-14-4-5-21-11-16-9-19(22)20(23-3)10-15(16)8-18(21)17(14)7-13(12)2;/h4-8,11-12,14-15,25H,9-10,13,16-17H2,1-3H3;6-7,9-10,18,22H,4-5,8,11H2,1-3H3;1H/t25-;18-;/m11./s1. The first-order valence-electron chi connectivity index (χ1n) is 19.1. The van der Waals surface area contributed by atoms with Gasteiger partial charge >= 0.3 is 0 Å². The van der Waals surface area contributed by atoms with E-state index >= 15 is 0 Å². The maximum Gasteiger partial charge on any atom is 0.162 e. The highest BCUT2D eigenvalue weighted by Crippen LogP contribution is 2.44. The minimum atomic E-state index is 0. The number of halogens is 1. The van der Waals surface area contributed by atoms with Crippen LogP contribution in [0, 0.1) is 27.7 Å². The van der Waals surface area contributed by atoms with Gasteiger partial charge in [0.15, 0.2) is 23.0 Å². The Labute approximate surface area is 327 Å². The van der Waals surface area contributed by atoms with Gasteiger partial charge < -0.3 is 19.3 Å². The van der Waals surface area contributed by atoms with Crippen molar-refractivity contribution >= 4 is 12.4 Å². The zero-order valence-electron chi connectivity index (χ0n) is 32.5. The highest BCUT2D eigenvalue weighted by atomic mass is 35.5. The van der Waals surface area contributed by atoms with Gasteiger partial charge in [0.1, 0.15) is 6.61 Å². The predicted octanol–water partition coefficient (Wildman–Crippen LogP) is 9.64. The third kappa shape index (κ3) is 7.32. The molecule has 2 atom stereocenters. The van der Waals surface area contributed by atoms with Crippen molar-refractivity contribution in [2.45, 2.75) is 85.2 Å². The third-order valence-corrected chi connectivity index (χ3v) is 12.2. The van der Waals surface area contributed by atoms with Gasteiger partial charge in [-0.1, -0.05) is 54.6 Å². The van der Waals surface area contributed by atoms with E-state index in [4.69, 9.17) is 14.2 Å². The van der Waals surface area contributed by atoms with Crippen LogP contribution in [-0.2, 0) is 45.4 Å². The largest absolute Gasteiger partial charge is 0.504 e. The number of aromatic hydroxyl groups is 1. The second-order valence-electron chi connectivity index (χ2n) is 15.5. The van der Waals surface area contributed by atoms with E-state index in [0.717, 1.165) is 68.9 Å². The molecule has 5 aromatic rings. The highest BCUT2D eigenvalue weighted by molar-refractivity contribution is 5.85. The monoisotopic (exact) mass is 744 g/mol. The molecule has 0 saturated carbocycles. The van der Waals surface area contributed by atoms with Crippen LogP contribution in [0.4, 0.5) is 0 Å². The SMILES string of the molecule is COc1cc2c(cc1O)CN1CCc3cc(C)c(C)cc3[C@H]1C2.COc1cc2c(cc1OCc1ccccc1)CN1CCc3cc(C)c(C)cc3[C@H]1C2.Cl. The van der Waals surface area contributed by atoms with Crippen molar-refractivity contribution in [2.24, 2.45) is 0 Å². The first-order chi connectivity index (χ1) is 25.7. The molecule has 4 aliphatic rings. The van der Waals surface area contributed by atoms with Gasteiger partial charge in [0.2, 0.25) is 0 Å². The third-order valence-electron chi connectivity index (χ3n) is 12.2. The van der Waals surface area contributed by atoms with Crippen LogP contribution in [0.25, 0.3) is 0 Å². The van der Waals surface area contributed by atoms with Gasteiger partial charge in [0.25, 0.3) is 0 Å². The number of hydrogen-bond acceptors (Lipinski definition) is 6. The van der Waals surface area contributed by atoms with Crippen LogP contribution in [0.5, 0.6) is 23.0 Å². The Hall–Kier alpha value is -4.49. The van der Waals surface area contributed by atoms with Crippen molar-refractivity contribution in [2.75, 3.05) is 27.3 Å². The molecular weight excluding hydrogens is 692 g/mol. The van der Waals surface area contributed by atoms with Gasteiger partial charge in [-0.25, -0.2) is 0 Å². The van der Waals surface area contributed by atoms with Crippen molar-refractivity contribution in [1.29, 1.82) is 0 Å². The van der Waals surface area contributed by atoms with Gasteiger partial charge in [0.05, 0.1) is 14.2 Å². The fraction of sp³-hybridized carbons (Fsp3) is 0.362. The quantitative estimate of drug-likeness (QED) is 0.194. The summed E-state index contributed by atoms with van der Waals surface area (Å²) in [6.45, 7) is 13.5. The molecule has 7 heteroatoms. The Morgan fingerprint density at radius 3 is 1.59 bits per heavy atom. The Kier molecular flexibility index (Phi) is 11.0. The van der Waals surface area contributed by atoms with Gasteiger partial charge in [-0.15, -0.1) is 12.4 Å². The van der Waals surface area contributed by atoms with Gasteiger partial charge in [0, 0.05) is 38.3 Å². The minimum absolute atomic E-state index is 0. The van der Waals surface area contributed by atoms with Crippen LogP contribution in [0.15, 0.2) is 78.9 Å². The van der Waals surface area contributed by atoms with E-state index in [9.17, 15) is 5.11 Å². The molecule has 4 aliphatic heterocycles. The zero-order valence-corrected chi connectivity index (χ0v) is 33.3. The summed E-state index contributed by atoms with van der Waals surface area (Å²) in [7, 11) is 3.34. The molecular formula is C47H53ClN2O4. The molecule has 0 amide bonds. The molecule has 0 aromatic heterocycles. The Morgan fingerprint density at radius 1 is 0.574 bits per heavy atom. The number of fused-ring (bicyclic) bond motifs is 8. The molecule has 9 rings (SSSR count). The second kappa shape index (κ2) is 15.7. The topological polar surface area (TPSA) is 54.4 Å². The molecule has 5 aromatic carbocycles. The lowest BCUT2D eigenvalue weighted by Crippen LogP contribution is -2.39. The summed E-state index contributed by atoms with van der Waals surface area (Å²) in [5.41, 5.74) is 18.0. The summed E-state index contributed by atoms with van der Waals surface area (Å²) in [4.78, 5) is 5.18. The Balaban J connectivity index is 0.000000169. The van der Waals surface area contributed by atoms with Gasteiger partial charge in [-0.3, -0.25) is 9.80 Å². The van der Waals surface area contributed by atoms with Crippen LogP contribution < -0.4 is 14.2 Å². The maximum absolute atomic E-state index is 10.0. The highest BCUT2D eigenvalue weighted by Gasteiger charge is 2.34. The first kappa shape index (κ1) is 37.8. The van der Waals surface area contributed by atoms with Crippen LogP contribution >= 0.6 is 12.4 Å². The predicted molar refractivity (Wildman–Crippen MR) is 219 cm³/mol. The lowest BCUT2D eigenvalue weighted by atomic mass is 9.82. The number of benzene rings is 5. The normalized spacial score (nSPS) is 18.2. The Morgan fingerprint density at radius 2 is 1.06 bits per heavy atom. The van der Waals surface area contributed by atoms with E-state index in [0.29, 0.717) is 24.4 Å². The van der Waals surface area contributed by atoms with Crippen LogP contribution in [0.1, 0.15) is 84.4 Å². The molecule has 0 aliphatic carbocycles. The molecule has 1 N–H and O–H groups in total. The lowest BCUT2D eigenvalue weighted by Gasteiger charge is -2.42. The molecule has 0 fully saturated rings. The summed E-state index contributed by atoms with van der Waals surface area (Å²) in [6, 6.07) is 29.0. The van der Waals surface area contributed by atoms with Crippen molar-refractivity contribution in [3.05, 3.63) is 151 Å². The van der Waals surface area contributed by atoms with Crippen LogP contribution in [-0.4, -0.2) is 42.2 Å². The van der Waals surface area contributed by atoms with Gasteiger partial charge in [-0.05, 0) is 150 Å². The molecule has 0 spiro atoms. The number of hydrogen-bond donors (Lipinski definition) is 1. The molecule has 0 bridgehead atoms. The fourth-order valence-electron chi connectivity index (χ4n) is 8.94. The minimum Gasteiger partial charge on any atom is -0.504 e. The Bertz CT molecular complexity index is 2170. The molecule has 282 valence electrons. The van der Waals surface area contributed by atoms with Crippen molar-refractivity contribution in [1.82, 2.24) is 9.80 Å². The van der Waals surface area contributed by atoms with Crippen molar-refractivity contribution in [3.8, 4) is 23.0 Å². The average molecular weight is 745 g/mol. The maximum atomic E-state index is 10.0. The molecule has 0 saturated heterocycles. The fourth-order valence-corrected chi connectivity index (χ4v) is 8.94. The van der Waals surface area contributed by atoms with E-state index in [1.54, 1.807) is 14.2 Å². The number of phenols is 1. The number of methoxy groups -OCH3 is 2. The summed E-state index contributed by atoms with van der Waals surface area (Å²) in [6.07, 6.45) is 4.27.